The number of methoxy groups -OCH3 is 1. The molecule has 0 radical (unpaired) electrons. The molecule has 0 aromatic heterocycles. The second kappa shape index (κ2) is 10.8. The molecule has 0 aliphatic carbocycles. The zero-order chi connectivity index (χ0) is 19.6. The summed E-state index contributed by atoms with van der Waals surface area (Å²) in [5, 5.41) is 6.18. The molecule has 2 N–H and O–H groups in total. The number of carbonyl (C=O) groups is 1. The minimum atomic E-state index is -0.126. The van der Waals surface area contributed by atoms with E-state index < -0.39 is 0 Å². The van der Waals surface area contributed by atoms with E-state index in [2.05, 4.69) is 22.5 Å². The van der Waals surface area contributed by atoms with E-state index in [-0.39, 0.29) is 5.91 Å². The number of guanidine groups is 1. The molecule has 1 saturated heterocycles. The number of benzene rings is 1. The van der Waals surface area contributed by atoms with Gasteiger partial charge in [0.05, 0.1) is 25.4 Å². The fourth-order valence-electron chi connectivity index (χ4n) is 3.20. The molecule has 27 heavy (non-hydrogen) atoms. The molecule has 0 unspecified atom stereocenters. The maximum absolute atomic E-state index is 11.4. The first kappa shape index (κ1) is 21.0. The maximum Gasteiger partial charge on any atom is 0.221 e. The molecule has 1 fully saturated rings. The molecule has 1 amide bonds. The van der Waals surface area contributed by atoms with E-state index in [4.69, 9.17) is 14.5 Å². The number of nitrogens with zero attached hydrogens (tertiary/aromatic N) is 2. The van der Waals surface area contributed by atoms with Gasteiger partial charge in [0.25, 0.3) is 0 Å². The van der Waals surface area contributed by atoms with Crippen LogP contribution < -0.4 is 15.4 Å². The highest BCUT2D eigenvalue weighted by Gasteiger charge is 2.21. The Morgan fingerprint density at radius 2 is 2.04 bits per heavy atom. The summed E-state index contributed by atoms with van der Waals surface area (Å²) in [7, 11) is 1.59. The van der Waals surface area contributed by atoms with Gasteiger partial charge in [-0.15, -0.1) is 0 Å². The minimum Gasteiger partial charge on any atom is -0.495 e. The lowest BCUT2D eigenvalue weighted by atomic mass is 10.1. The zero-order valence-electron chi connectivity index (χ0n) is 16.9. The van der Waals surface area contributed by atoms with Crippen LogP contribution in [0.4, 0.5) is 5.69 Å². The number of anilines is 1. The van der Waals surface area contributed by atoms with Gasteiger partial charge in [-0.05, 0) is 44.4 Å². The number of amides is 1. The first-order valence-corrected chi connectivity index (χ1v) is 9.66. The van der Waals surface area contributed by atoms with Gasteiger partial charge in [0.15, 0.2) is 5.96 Å². The lowest BCUT2D eigenvalue weighted by Crippen LogP contribution is -2.47. The van der Waals surface area contributed by atoms with Crippen LogP contribution in [0, 0.1) is 0 Å². The maximum atomic E-state index is 11.4. The van der Waals surface area contributed by atoms with Crippen molar-refractivity contribution in [3.05, 3.63) is 23.8 Å². The van der Waals surface area contributed by atoms with Crippen LogP contribution in [0.5, 0.6) is 5.75 Å². The number of aliphatic imine (C=N–C) groups is 1. The number of hydrogen-bond donors (Lipinski definition) is 2. The number of rotatable bonds is 7. The lowest BCUT2D eigenvalue weighted by Gasteiger charge is -2.34. The van der Waals surface area contributed by atoms with Crippen molar-refractivity contribution in [2.75, 3.05) is 38.7 Å². The highest BCUT2D eigenvalue weighted by atomic mass is 16.5. The highest BCUT2D eigenvalue weighted by Crippen LogP contribution is 2.26. The van der Waals surface area contributed by atoms with Gasteiger partial charge in [0, 0.05) is 33.2 Å². The van der Waals surface area contributed by atoms with Crippen LogP contribution in [0.15, 0.2) is 23.2 Å². The molecule has 7 heteroatoms. The van der Waals surface area contributed by atoms with Gasteiger partial charge < -0.3 is 25.0 Å². The van der Waals surface area contributed by atoms with Crippen LogP contribution in [-0.4, -0.2) is 56.2 Å². The predicted molar refractivity (Wildman–Crippen MR) is 108 cm³/mol. The summed E-state index contributed by atoms with van der Waals surface area (Å²) in [6.45, 7) is 9.61. The van der Waals surface area contributed by atoms with Gasteiger partial charge >= 0.3 is 0 Å². The van der Waals surface area contributed by atoms with Gasteiger partial charge in [-0.3, -0.25) is 4.79 Å². The van der Waals surface area contributed by atoms with E-state index >= 15 is 0 Å². The van der Waals surface area contributed by atoms with Crippen molar-refractivity contribution in [1.82, 2.24) is 10.2 Å². The smallest absolute Gasteiger partial charge is 0.221 e. The van der Waals surface area contributed by atoms with E-state index in [0.29, 0.717) is 24.1 Å². The number of nitrogens with one attached hydrogen (secondary N) is 2. The Bertz CT molecular complexity index is 640. The molecule has 1 aromatic carbocycles. The fraction of sp³-hybridized carbons (Fsp3) is 0.600. The molecule has 0 atom stereocenters. The normalized spacial score (nSPS) is 15.6. The predicted octanol–water partition coefficient (Wildman–Crippen LogP) is 2.62. The van der Waals surface area contributed by atoms with Crippen LogP contribution in [-0.2, 0) is 16.1 Å². The van der Waals surface area contributed by atoms with Gasteiger partial charge in [0.1, 0.15) is 5.75 Å². The first-order chi connectivity index (χ1) is 13.1. The molecule has 150 valence electrons. The molecular weight excluding hydrogens is 344 g/mol. The molecule has 2 rings (SSSR count). The van der Waals surface area contributed by atoms with E-state index in [1.807, 2.05) is 25.1 Å². The zero-order valence-corrected chi connectivity index (χ0v) is 16.9. The Morgan fingerprint density at radius 1 is 1.30 bits per heavy atom. The Kier molecular flexibility index (Phi) is 8.39. The third kappa shape index (κ3) is 6.43. The molecule has 1 heterocycles. The topological polar surface area (TPSA) is 75.2 Å². The quantitative estimate of drug-likeness (QED) is 0.565. The standard InChI is InChI=1S/C20H32N4O3/c1-5-21-20(24-11-9-17(10-12-24)27-6-2)22-14-16-7-8-19(26-4)18(13-16)23-15(3)25/h7-8,13,17H,5-6,9-12,14H2,1-4H3,(H,21,22)(H,23,25). The summed E-state index contributed by atoms with van der Waals surface area (Å²) in [6.07, 6.45) is 2.40. The average molecular weight is 377 g/mol. The number of ether oxygens (including phenoxy) is 2. The summed E-state index contributed by atoms with van der Waals surface area (Å²) in [5.74, 6) is 1.44. The molecule has 1 aromatic rings. The van der Waals surface area contributed by atoms with Crippen molar-refractivity contribution >= 4 is 17.6 Å². The SMILES string of the molecule is CCNC(=NCc1ccc(OC)c(NC(C)=O)c1)N1CCC(OCC)CC1. The van der Waals surface area contributed by atoms with Crippen molar-refractivity contribution in [1.29, 1.82) is 0 Å². The second-order valence-corrected chi connectivity index (χ2v) is 6.53. The van der Waals surface area contributed by atoms with Crippen molar-refractivity contribution in [3.8, 4) is 5.75 Å². The lowest BCUT2D eigenvalue weighted by molar-refractivity contribution is -0.114. The summed E-state index contributed by atoms with van der Waals surface area (Å²) >= 11 is 0. The highest BCUT2D eigenvalue weighted by molar-refractivity contribution is 5.90. The van der Waals surface area contributed by atoms with Crippen LogP contribution in [0.2, 0.25) is 0 Å². The van der Waals surface area contributed by atoms with Crippen LogP contribution in [0.1, 0.15) is 39.2 Å². The largest absolute Gasteiger partial charge is 0.495 e. The van der Waals surface area contributed by atoms with Gasteiger partial charge in [-0.2, -0.15) is 0 Å². The Balaban J connectivity index is 2.07. The van der Waals surface area contributed by atoms with Gasteiger partial charge in [0.2, 0.25) is 5.91 Å². The number of carbonyl (C=O) groups excluding carboxylic acids is 1. The van der Waals surface area contributed by atoms with Gasteiger partial charge in [-0.25, -0.2) is 4.99 Å². The van der Waals surface area contributed by atoms with E-state index in [9.17, 15) is 4.79 Å². The van der Waals surface area contributed by atoms with Crippen molar-refractivity contribution in [2.24, 2.45) is 4.99 Å². The Morgan fingerprint density at radius 3 is 2.63 bits per heavy atom. The van der Waals surface area contributed by atoms with Crippen LogP contribution in [0.3, 0.4) is 0 Å². The van der Waals surface area contributed by atoms with Gasteiger partial charge in [-0.1, -0.05) is 6.07 Å². The minimum absolute atomic E-state index is 0.126. The molecule has 0 spiro atoms. The summed E-state index contributed by atoms with van der Waals surface area (Å²) < 4.78 is 11.0. The third-order valence-electron chi connectivity index (χ3n) is 4.46. The number of piperidine rings is 1. The monoisotopic (exact) mass is 376 g/mol. The Hall–Kier alpha value is -2.28. The summed E-state index contributed by atoms with van der Waals surface area (Å²) in [6, 6.07) is 5.74. The van der Waals surface area contributed by atoms with Crippen LogP contribution in [0.25, 0.3) is 0 Å². The van der Waals surface area contributed by atoms with E-state index in [0.717, 1.165) is 50.6 Å². The van der Waals surface area contributed by atoms with E-state index in [1.54, 1.807) is 7.11 Å². The number of hydrogen-bond acceptors (Lipinski definition) is 4. The van der Waals surface area contributed by atoms with Crippen molar-refractivity contribution in [2.45, 2.75) is 46.3 Å². The Labute approximate surface area is 162 Å². The van der Waals surface area contributed by atoms with Crippen LogP contribution >= 0.6 is 0 Å². The molecule has 1 aliphatic rings. The third-order valence-corrected chi connectivity index (χ3v) is 4.46. The van der Waals surface area contributed by atoms with Crippen molar-refractivity contribution < 1.29 is 14.3 Å². The summed E-state index contributed by atoms with van der Waals surface area (Å²) in [4.78, 5) is 18.5. The molecule has 0 bridgehead atoms. The second-order valence-electron chi connectivity index (χ2n) is 6.53. The van der Waals surface area contributed by atoms with Crippen molar-refractivity contribution in [3.63, 3.8) is 0 Å². The number of likely N-dealkylation sites (tertiary alicyclic amines) is 1. The fourth-order valence-corrected chi connectivity index (χ4v) is 3.20. The molecule has 0 saturated carbocycles. The first-order valence-electron chi connectivity index (χ1n) is 9.66. The molecular formula is C20H32N4O3. The van der Waals surface area contributed by atoms with E-state index in [1.165, 1.54) is 6.92 Å². The summed E-state index contributed by atoms with van der Waals surface area (Å²) in [5.41, 5.74) is 1.68. The molecule has 1 aliphatic heterocycles. The average Bonchev–Trinajstić information content (AvgIpc) is 2.66. The molecule has 7 nitrogen and oxygen atoms in total.